The van der Waals surface area contributed by atoms with Gasteiger partial charge in [0, 0.05) is 25.5 Å². The smallest absolute Gasteiger partial charge is 0.270 e. The Morgan fingerprint density at radius 3 is 2.56 bits per heavy atom. The molecule has 34 heavy (non-hydrogen) atoms. The molecule has 0 atom stereocenters. The molecule has 4 aromatic rings. The van der Waals surface area contributed by atoms with Crippen LogP contribution in [0.3, 0.4) is 0 Å². The van der Waals surface area contributed by atoms with Crippen molar-refractivity contribution in [1.29, 1.82) is 5.26 Å². The highest BCUT2D eigenvalue weighted by atomic mass is 19.1. The van der Waals surface area contributed by atoms with Gasteiger partial charge in [0.25, 0.3) is 5.91 Å². The van der Waals surface area contributed by atoms with Crippen LogP contribution in [0.4, 0.5) is 21.7 Å². The summed E-state index contributed by atoms with van der Waals surface area (Å²) in [6.45, 7) is 0.423. The van der Waals surface area contributed by atoms with Crippen LogP contribution in [0.15, 0.2) is 73.4 Å². The summed E-state index contributed by atoms with van der Waals surface area (Å²) in [4.78, 5) is 30.9. The Kier molecular flexibility index (Phi) is 6.65. The number of nitrogen functional groups attached to an aromatic ring is 1. The quantitative estimate of drug-likeness (QED) is 0.435. The van der Waals surface area contributed by atoms with E-state index in [2.05, 4.69) is 31.3 Å². The third-order valence-electron chi connectivity index (χ3n) is 4.86. The summed E-state index contributed by atoms with van der Waals surface area (Å²) in [6, 6.07) is 14.5. The standard InChI is InChI=1S/C24H19FN8O/c25-19-6-17(9-28-12-19)10-32-24(34)20-7-21(18(8-26)11-29-20)33(15-16-4-2-1-3-5-16)23-14-30-22(27)13-31-23/h1-7,9,11-14H,10,15H2,(H2,27,30)(H,32,34). The van der Waals surface area contributed by atoms with Crippen molar-refractivity contribution in [2.45, 2.75) is 13.1 Å². The van der Waals surface area contributed by atoms with E-state index in [1.54, 1.807) is 4.90 Å². The summed E-state index contributed by atoms with van der Waals surface area (Å²) < 4.78 is 13.4. The number of amides is 1. The van der Waals surface area contributed by atoms with Crippen LogP contribution in [0, 0.1) is 17.1 Å². The number of nitrogens with one attached hydrogen (secondary N) is 1. The van der Waals surface area contributed by atoms with Gasteiger partial charge in [0.15, 0.2) is 5.82 Å². The molecule has 0 aliphatic rings. The number of hydrogen-bond donors (Lipinski definition) is 2. The van der Waals surface area contributed by atoms with Gasteiger partial charge in [-0.3, -0.25) is 9.78 Å². The Bertz CT molecular complexity index is 1340. The number of nitrogens with two attached hydrogens (primary N) is 1. The van der Waals surface area contributed by atoms with E-state index in [9.17, 15) is 14.4 Å². The van der Waals surface area contributed by atoms with Crippen LogP contribution in [-0.2, 0) is 13.1 Å². The summed E-state index contributed by atoms with van der Waals surface area (Å²) in [6.07, 6.45) is 6.79. The molecule has 0 radical (unpaired) electrons. The van der Waals surface area contributed by atoms with Gasteiger partial charge in [-0.15, -0.1) is 0 Å². The molecule has 9 nitrogen and oxygen atoms in total. The van der Waals surface area contributed by atoms with Gasteiger partial charge in [0.1, 0.15) is 23.4 Å². The normalized spacial score (nSPS) is 10.4. The van der Waals surface area contributed by atoms with Crippen molar-refractivity contribution < 1.29 is 9.18 Å². The van der Waals surface area contributed by atoms with Gasteiger partial charge in [-0.2, -0.15) is 5.26 Å². The molecule has 0 aliphatic heterocycles. The van der Waals surface area contributed by atoms with Crippen molar-refractivity contribution in [2.24, 2.45) is 0 Å². The van der Waals surface area contributed by atoms with E-state index in [1.165, 1.54) is 36.9 Å². The highest BCUT2D eigenvalue weighted by Crippen LogP contribution is 2.29. The molecule has 3 N–H and O–H groups in total. The zero-order valence-corrected chi connectivity index (χ0v) is 17.9. The minimum Gasteiger partial charge on any atom is -0.382 e. The van der Waals surface area contributed by atoms with E-state index >= 15 is 0 Å². The predicted octanol–water partition coefficient (Wildman–Crippen LogP) is 3.13. The molecule has 1 amide bonds. The number of nitriles is 1. The van der Waals surface area contributed by atoms with Gasteiger partial charge >= 0.3 is 0 Å². The van der Waals surface area contributed by atoms with E-state index < -0.39 is 11.7 Å². The Morgan fingerprint density at radius 2 is 1.85 bits per heavy atom. The van der Waals surface area contributed by atoms with Gasteiger partial charge < -0.3 is 16.0 Å². The first kappa shape index (κ1) is 22.3. The van der Waals surface area contributed by atoms with Crippen molar-refractivity contribution in [3.63, 3.8) is 0 Å². The maximum absolute atomic E-state index is 13.4. The molecule has 0 spiro atoms. The summed E-state index contributed by atoms with van der Waals surface area (Å²) in [7, 11) is 0. The fourth-order valence-corrected chi connectivity index (χ4v) is 3.23. The average Bonchev–Trinajstić information content (AvgIpc) is 2.87. The number of anilines is 3. The number of carbonyl (C=O) groups excluding carboxylic acids is 1. The topological polar surface area (TPSA) is 134 Å². The number of halogens is 1. The molecule has 3 heterocycles. The average molecular weight is 454 g/mol. The van der Waals surface area contributed by atoms with Crippen LogP contribution < -0.4 is 16.0 Å². The Hall–Kier alpha value is -4.91. The Morgan fingerprint density at radius 1 is 1.03 bits per heavy atom. The summed E-state index contributed by atoms with van der Waals surface area (Å²) in [5.74, 6) is -0.284. The highest BCUT2D eigenvalue weighted by molar-refractivity contribution is 5.93. The zero-order chi connectivity index (χ0) is 23.9. The van der Waals surface area contributed by atoms with Crippen LogP contribution in [-0.4, -0.2) is 25.8 Å². The van der Waals surface area contributed by atoms with Crippen LogP contribution in [0.2, 0.25) is 0 Å². The third-order valence-corrected chi connectivity index (χ3v) is 4.86. The van der Waals surface area contributed by atoms with E-state index in [-0.39, 0.29) is 23.6 Å². The molecule has 0 saturated heterocycles. The van der Waals surface area contributed by atoms with Crippen molar-refractivity contribution in [3.8, 4) is 6.07 Å². The number of benzene rings is 1. The van der Waals surface area contributed by atoms with Crippen LogP contribution in [0.25, 0.3) is 0 Å². The SMILES string of the molecule is N#Cc1cnc(C(=O)NCc2cncc(F)c2)cc1N(Cc1ccccc1)c1cnc(N)cn1. The highest BCUT2D eigenvalue weighted by Gasteiger charge is 2.19. The molecule has 0 aliphatic carbocycles. The number of rotatable bonds is 7. The van der Waals surface area contributed by atoms with Gasteiger partial charge in [-0.25, -0.2) is 19.3 Å². The van der Waals surface area contributed by atoms with Crippen molar-refractivity contribution >= 4 is 23.2 Å². The Labute approximate surface area is 194 Å². The fourth-order valence-electron chi connectivity index (χ4n) is 3.23. The zero-order valence-electron chi connectivity index (χ0n) is 17.9. The lowest BCUT2D eigenvalue weighted by Gasteiger charge is -2.25. The lowest BCUT2D eigenvalue weighted by atomic mass is 10.1. The second-order valence-corrected chi connectivity index (χ2v) is 7.26. The van der Waals surface area contributed by atoms with Crippen LogP contribution >= 0.6 is 0 Å². The third kappa shape index (κ3) is 5.28. The van der Waals surface area contributed by atoms with E-state index in [4.69, 9.17) is 5.73 Å². The maximum atomic E-state index is 13.4. The number of aromatic nitrogens is 4. The molecule has 4 rings (SSSR count). The van der Waals surface area contributed by atoms with Crippen molar-refractivity contribution in [3.05, 3.63) is 102 Å². The summed E-state index contributed by atoms with van der Waals surface area (Å²) >= 11 is 0. The number of carbonyl (C=O) groups is 1. The largest absolute Gasteiger partial charge is 0.382 e. The number of pyridine rings is 2. The molecular weight excluding hydrogens is 435 g/mol. The molecule has 3 aromatic heterocycles. The van der Waals surface area contributed by atoms with E-state index in [1.807, 2.05) is 30.3 Å². The summed E-state index contributed by atoms with van der Waals surface area (Å²) in [5, 5.41) is 12.4. The molecule has 0 unspecified atom stereocenters. The second kappa shape index (κ2) is 10.1. The number of hydrogen-bond acceptors (Lipinski definition) is 8. The lowest BCUT2D eigenvalue weighted by Crippen LogP contribution is -2.25. The van der Waals surface area contributed by atoms with Gasteiger partial charge in [0.05, 0.1) is 29.8 Å². The van der Waals surface area contributed by atoms with Crippen molar-refractivity contribution in [1.82, 2.24) is 25.3 Å². The minimum absolute atomic E-state index is 0.0672. The number of nitrogens with zero attached hydrogens (tertiary/aromatic N) is 6. The molecule has 0 saturated carbocycles. The summed E-state index contributed by atoms with van der Waals surface area (Å²) in [5.41, 5.74) is 7.91. The monoisotopic (exact) mass is 454 g/mol. The molecule has 168 valence electrons. The van der Waals surface area contributed by atoms with E-state index in [0.717, 1.165) is 11.8 Å². The molecular formula is C24H19FN8O. The van der Waals surface area contributed by atoms with Crippen molar-refractivity contribution in [2.75, 3.05) is 10.6 Å². The van der Waals surface area contributed by atoms with Crippen LogP contribution in [0.5, 0.6) is 0 Å². The van der Waals surface area contributed by atoms with Crippen LogP contribution in [0.1, 0.15) is 27.2 Å². The van der Waals surface area contributed by atoms with Gasteiger partial charge in [0.2, 0.25) is 0 Å². The minimum atomic E-state index is -0.494. The lowest BCUT2D eigenvalue weighted by molar-refractivity contribution is 0.0946. The molecule has 0 bridgehead atoms. The first-order valence-electron chi connectivity index (χ1n) is 10.2. The molecule has 1 aromatic carbocycles. The second-order valence-electron chi connectivity index (χ2n) is 7.26. The molecule has 10 heteroatoms. The first-order valence-corrected chi connectivity index (χ1v) is 10.2. The fraction of sp³-hybridized carbons (Fsp3) is 0.0833. The Balaban J connectivity index is 1.67. The predicted molar refractivity (Wildman–Crippen MR) is 123 cm³/mol. The maximum Gasteiger partial charge on any atom is 0.270 e. The molecule has 0 fully saturated rings. The van der Waals surface area contributed by atoms with Gasteiger partial charge in [-0.1, -0.05) is 30.3 Å². The van der Waals surface area contributed by atoms with E-state index in [0.29, 0.717) is 23.6 Å². The first-order chi connectivity index (χ1) is 16.5. The van der Waals surface area contributed by atoms with Gasteiger partial charge in [-0.05, 0) is 23.3 Å².